The summed E-state index contributed by atoms with van der Waals surface area (Å²) in [6.07, 6.45) is -1.15. The summed E-state index contributed by atoms with van der Waals surface area (Å²) in [5.41, 5.74) is -1.66. The van der Waals surface area contributed by atoms with Gasteiger partial charge in [-0.2, -0.15) is 13.2 Å². The second kappa shape index (κ2) is 5.86. The van der Waals surface area contributed by atoms with Crippen molar-refractivity contribution in [3.8, 4) is 11.4 Å². The molecule has 0 saturated heterocycles. The van der Waals surface area contributed by atoms with Crippen LogP contribution in [0.3, 0.4) is 0 Å². The molecule has 0 unspecified atom stereocenters. The molecule has 0 fully saturated rings. The molecule has 110 valence electrons. The number of pyridine rings is 1. The number of esters is 1. The summed E-state index contributed by atoms with van der Waals surface area (Å²) in [5, 5.41) is 0. The fourth-order valence-electron chi connectivity index (χ4n) is 1.60. The Bertz CT molecular complexity index is 645. The monoisotopic (exact) mass is 297 g/mol. The standard InChI is InChI=1S/C13H10F3N3O2/c1-2-21-12(20)9-7-18-11(8-3-5-17-6-4-8)19-10(9)13(14,15)16/h3-7H,2H2,1H3. The number of carbonyl (C=O) groups is 1. The van der Waals surface area contributed by atoms with Crippen molar-refractivity contribution in [2.75, 3.05) is 6.61 Å². The molecule has 2 rings (SSSR count). The first-order valence-corrected chi connectivity index (χ1v) is 5.95. The summed E-state index contributed by atoms with van der Waals surface area (Å²) in [7, 11) is 0. The summed E-state index contributed by atoms with van der Waals surface area (Å²) >= 11 is 0. The zero-order valence-corrected chi connectivity index (χ0v) is 10.9. The van der Waals surface area contributed by atoms with Gasteiger partial charge in [-0.25, -0.2) is 14.8 Å². The van der Waals surface area contributed by atoms with Gasteiger partial charge in [-0.05, 0) is 19.1 Å². The van der Waals surface area contributed by atoms with Gasteiger partial charge < -0.3 is 4.74 Å². The van der Waals surface area contributed by atoms with Crippen molar-refractivity contribution in [1.29, 1.82) is 0 Å². The normalized spacial score (nSPS) is 11.2. The van der Waals surface area contributed by atoms with E-state index >= 15 is 0 Å². The van der Waals surface area contributed by atoms with Gasteiger partial charge in [-0.15, -0.1) is 0 Å². The van der Waals surface area contributed by atoms with E-state index in [1.54, 1.807) is 0 Å². The Kier molecular flexibility index (Phi) is 4.15. The van der Waals surface area contributed by atoms with E-state index in [9.17, 15) is 18.0 Å². The molecule has 0 aliphatic carbocycles. The van der Waals surface area contributed by atoms with Crippen molar-refractivity contribution in [2.45, 2.75) is 13.1 Å². The van der Waals surface area contributed by atoms with Gasteiger partial charge in [0.2, 0.25) is 0 Å². The number of carbonyl (C=O) groups excluding carboxylic acids is 1. The van der Waals surface area contributed by atoms with Gasteiger partial charge in [-0.3, -0.25) is 4.98 Å². The minimum atomic E-state index is -4.78. The molecule has 0 saturated carbocycles. The van der Waals surface area contributed by atoms with Crippen molar-refractivity contribution >= 4 is 5.97 Å². The van der Waals surface area contributed by atoms with E-state index in [-0.39, 0.29) is 12.4 Å². The third-order valence-corrected chi connectivity index (χ3v) is 2.49. The Hall–Kier alpha value is -2.51. The predicted octanol–water partition coefficient (Wildman–Crippen LogP) is 2.73. The number of halogens is 3. The molecule has 8 heteroatoms. The molecular formula is C13H10F3N3O2. The Labute approximate surface area is 117 Å². The fourth-order valence-corrected chi connectivity index (χ4v) is 1.60. The van der Waals surface area contributed by atoms with Gasteiger partial charge in [0, 0.05) is 24.2 Å². The summed E-state index contributed by atoms with van der Waals surface area (Å²) in [6.45, 7) is 1.46. The van der Waals surface area contributed by atoms with Crippen molar-refractivity contribution in [2.24, 2.45) is 0 Å². The first-order valence-electron chi connectivity index (χ1n) is 5.95. The van der Waals surface area contributed by atoms with Crippen LogP contribution in [-0.2, 0) is 10.9 Å². The number of nitrogens with zero attached hydrogens (tertiary/aromatic N) is 3. The second-order valence-corrected chi connectivity index (χ2v) is 3.91. The third kappa shape index (κ3) is 3.33. The van der Waals surface area contributed by atoms with E-state index in [0.29, 0.717) is 5.56 Å². The number of rotatable bonds is 3. The molecule has 0 bridgehead atoms. The summed E-state index contributed by atoms with van der Waals surface area (Å²) in [4.78, 5) is 22.5. The van der Waals surface area contributed by atoms with Gasteiger partial charge in [0.1, 0.15) is 5.56 Å². The van der Waals surface area contributed by atoms with Crippen LogP contribution in [0.4, 0.5) is 13.2 Å². The maximum absolute atomic E-state index is 13.0. The highest BCUT2D eigenvalue weighted by atomic mass is 19.4. The van der Waals surface area contributed by atoms with Crippen molar-refractivity contribution < 1.29 is 22.7 Å². The van der Waals surface area contributed by atoms with Crippen LogP contribution in [0.15, 0.2) is 30.7 Å². The number of aromatic nitrogens is 3. The number of hydrogen-bond acceptors (Lipinski definition) is 5. The summed E-state index contributed by atoms with van der Waals surface area (Å²) in [5.74, 6) is -1.25. The Morgan fingerprint density at radius 1 is 1.29 bits per heavy atom. The molecule has 0 N–H and O–H groups in total. The van der Waals surface area contributed by atoms with Crippen molar-refractivity contribution in [1.82, 2.24) is 15.0 Å². The van der Waals surface area contributed by atoms with Crippen LogP contribution in [0.2, 0.25) is 0 Å². The van der Waals surface area contributed by atoms with Crippen LogP contribution in [-0.4, -0.2) is 27.5 Å². The first kappa shape index (κ1) is 14.9. The molecule has 2 heterocycles. The van der Waals surface area contributed by atoms with Crippen molar-refractivity contribution in [3.05, 3.63) is 42.0 Å². The zero-order valence-electron chi connectivity index (χ0n) is 10.9. The van der Waals surface area contributed by atoms with Gasteiger partial charge in [-0.1, -0.05) is 0 Å². The minimum absolute atomic E-state index is 0.0394. The smallest absolute Gasteiger partial charge is 0.434 e. The molecule has 5 nitrogen and oxygen atoms in total. The molecule has 0 spiro atoms. The van der Waals surface area contributed by atoms with Crippen LogP contribution in [0.25, 0.3) is 11.4 Å². The van der Waals surface area contributed by atoms with E-state index in [1.165, 1.54) is 31.5 Å². The van der Waals surface area contributed by atoms with E-state index in [0.717, 1.165) is 6.20 Å². The molecule has 0 atom stereocenters. The van der Waals surface area contributed by atoms with Crippen LogP contribution in [0.5, 0.6) is 0 Å². The fraction of sp³-hybridized carbons (Fsp3) is 0.231. The zero-order chi connectivity index (χ0) is 15.5. The lowest BCUT2D eigenvalue weighted by atomic mass is 10.2. The molecule has 0 aliphatic heterocycles. The molecular weight excluding hydrogens is 287 g/mol. The maximum atomic E-state index is 13.0. The average Bonchev–Trinajstić information content (AvgIpc) is 2.47. The van der Waals surface area contributed by atoms with E-state index < -0.39 is 23.4 Å². The van der Waals surface area contributed by atoms with Crippen LogP contribution < -0.4 is 0 Å². The quantitative estimate of drug-likeness (QED) is 0.815. The van der Waals surface area contributed by atoms with E-state index in [2.05, 4.69) is 19.7 Å². The van der Waals surface area contributed by atoms with Crippen LogP contribution >= 0.6 is 0 Å². The SMILES string of the molecule is CCOC(=O)c1cnc(-c2ccncc2)nc1C(F)(F)F. The largest absolute Gasteiger partial charge is 0.462 e. The highest BCUT2D eigenvalue weighted by Gasteiger charge is 2.38. The highest BCUT2D eigenvalue weighted by Crippen LogP contribution is 2.31. The van der Waals surface area contributed by atoms with Crippen LogP contribution in [0.1, 0.15) is 23.0 Å². The minimum Gasteiger partial charge on any atom is -0.462 e. The second-order valence-electron chi connectivity index (χ2n) is 3.91. The molecule has 0 aromatic carbocycles. The Morgan fingerprint density at radius 3 is 2.52 bits per heavy atom. The van der Waals surface area contributed by atoms with Gasteiger partial charge >= 0.3 is 12.1 Å². The maximum Gasteiger partial charge on any atom is 0.434 e. The topological polar surface area (TPSA) is 65.0 Å². The highest BCUT2D eigenvalue weighted by molar-refractivity contribution is 5.90. The molecule has 0 radical (unpaired) electrons. The molecule has 21 heavy (non-hydrogen) atoms. The van der Waals surface area contributed by atoms with Gasteiger partial charge in [0.25, 0.3) is 0 Å². The average molecular weight is 297 g/mol. The first-order chi connectivity index (χ1) is 9.93. The number of hydrogen-bond donors (Lipinski definition) is 0. The van der Waals surface area contributed by atoms with Crippen LogP contribution in [0, 0.1) is 0 Å². The predicted molar refractivity (Wildman–Crippen MR) is 66.2 cm³/mol. The lowest BCUT2D eigenvalue weighted by molar-refractivity contribution is -0.141. The summed E-state index contributed by atoms with van der Waals surface area (Å²) < 4.78 is 43.7. The number of alkyl halides is 3. The van der Waals surface area contributed by atoms with Gasteiger partial charge in [0.05, 0.1) is 6.61 Å². The Balaban J connectivity index is 2.53. The Morgan fingerprint density at radius 2 is 1.95 bits per heavy atom. The third-order valence-electron chi connectivity index (χ3n) is 2.49. The van der Waals surface area contributed by atoms with Crippen molar-refractivity contribution in [3.63, 3.8) is 0 Å². The number of ether oxygens (including phenoxy) is 1. The molecule has 0 amide bonds. The van der Waals surface area contributed by atoms with E-state index in [1.807, 2.05) is 0 Å². The molecule has 0 aliphatic rings. The van der Waals surface area contributed by atoms with E-state index in [4.69, 9.17) is 0 Å². The molecule has 2 aromatic rings. The van der Waals surface area contributed by atoms with Gasteiger partial charge in [0.15, 0.2) is 11.5 Å². The molecule has 2 aromatic heterocycles. The lowest BCUT2D eigenvalue weighted by Gasteiger charge is -2.12. The summed E-state index contributed by atoms with van der Waals surface area (Å²) in [6, 6.07) is 2.94. The lowest BCUT2D eigenvalue weighted by Crippen LogP contribution is -2.18.